The van der Waals surface area contributed by atoms with Gasteiger partial charge in [0.15, 0.2) is 5.96 Å². The molecular formula is C22H38IN5OS. The maximum atomic E-state index is 12.5. The number of piperidine rings is 2. The van der Waals surface area contributed by atoms with Gasteiger partial charge in [0.05, 0.1) is 0 Å². The third kappa shape index (κ3) is 6.82. The molecule has 0 spiro atoms. The molecule has 6 nitrogen and oxygen atoms in total. The van der Waals surface area contributed by atoms with Crippen LogP contribution in [-0.2, 0) is 4.79 Å². The Bertz CT molecular complexity index is 668. The number of hydrogen-bond donors (Lipinski definition) is 2. The van der Waals surface area contributed by atoms with Crippen molar-refractivity contribution in [1.82, 2.24) is 20.4 Å². The van der Waals surface area contributed by atoms with E-state index >= 15 is 0 Å². The number of carbonyl (C=O) groups excluding carboxylic acids is 1. The summed E-state index contributed by atoms with van der Waals surface area (Å²) in [5.41, 5.74) is 0. The summed E-state index contributed by atoms with van der Waals surface area (Å²) in [5.74, 6) is 1.61. The highest BCUT2D eigenvalue weighted by Crippen LogP contribution is 2.36. The van der Waals surface area contributed by atoms with E-state index < -0.39 is 0 Å². The van der Waals surface area contributed by atoms with E-state index in [1.165, 1.54) is 24.1 Å². The second-order valence-electron chi connectivity index (χ2n) is 8.40. The second kappa shape index (κ2) is 12.9. The fourth-order valence-corrected chi connectivity index (χ4v) is 5.71. The molecule has 1 aromatic heterocycles. The van der Waals surface area contributed by atoms with E-state index in [1.807, 2.05) is 16.2 Å². The van der Waals surface area contributed by atoms with Gasteiger partial charge in [-0.25, -0.2) is 0 Å². The summed E-state index contributed by atoms with van der Waals surface area (Å²) in [7, 11) is 4.03. The number of nitrogens with one attached hydrogen (secondary N) is 2. The molecule has 0 bridgehead atoms. The smallest absolute Gasteiger partial charge is 0.224 e. The van der Waals surface area contributed by atoms with Crippen molar-refractivity contribution in [3.8, 4) is 0 Å². The zero-order valence-electron chi connectivity index (χ0n) is 18.6. The number of thiophene rings is 1. The van der Waals surface area contributed by atoms with Crippen molar-refractivity contribution in [3.63, 3.8) is 0 Å². The zero-order valence-corrected chi connectivity index (χ0v) is 21.7. The Morgan fingerprint density at radius 1 is 1.23 bits per heavy atom. The van der Waals surface area contributed by atoms with E-state index in [2.05, 4.69) is 52.0 Å². The summed E-state index contributed by atoms with van der Waals surface area (Å²) < 4.78 is 0. The summed E-state index contributed by atoms with van der Waals surface area (Å²) in [6, 6.07) is 5.25. The Morgan fingerprint density at radius 3 is 2.77 bits per heavy atom. The van der Waals surface area contributed by atoms with Crippen LogP contribution in [0.3, 0.4) is 0 Å². The molecular weight excluding hydrogens is 509 g/mol. The summed E-state index contributed by atoms with van der Waals surface area (Å²) >= 11 is 1.85. The first-order valence-electron chi connectivity index (χ1n) is 11.1. The van der Waals surface area contributed by atoms with E-state index in [9.17, 15) is 4.79 Å². The van der Waals surface area contributed by atoms with E-state index in [0.29, 0.717) is 31.0 Å². The van der Waals surface area contributed by atoms with E-state index in [4.69, 9.17) is 0 Å². The van der Waals surface area contributed by atoms with Crippen molar-refractivity contribution in [2.45, 2.75) is 57.5 Å². The van der Waals surface area contributed by atoms with Gasteiger partial charge in [0.25, 0.3) is 0 Å². The molecule has 0 aliphatic carbocycles. The molecule has 2 aliphatic heterocycles. The lowest BCUT2D eigenvalue weighted by atomic mass is 9.88. The minimum atomic E-state index is 0. The number of halogens is 1. The number of rotatable bonds is 6. The van der Waals surface area contributed by atoms with Gasteiger partial charge < -0.3 is 15.5 Å². The second-order valence-corrected chi connectivity index (χ2v) is 9.38. The van der Waals surface area contributed by atoms with Gasteiger partial charge in [0, 0.05) is 50.1 Å². The van der Waals surface area contributed by atoms with Crippen molar-refractivity contribution in [2.24, 2.45) is 10.9 Å². The first-order valence-corrected chi connectivity index (χ1v) is 12.0. The summed E-state index contributed by atoms with van der Waals surface area (Å²) in [6.07, 6.45) is 6.48. The topological polar surface area (TPSA) is 60.0 Å². The molecule has 1 aromatic rings. The van der Waals surface area contributed by atoms with Crippen LogP contribution in [0.2, 0.25) is 0 Å². The Kier molecular flexibility index (Phi) is 10.9. The van der Waals surface area contributed by atoms with Crippen LogP contribution in [-0.4, -0.2) is 68.0 Å². The van der Waals surface area contributed by atoms with Gasteiger partial charge in [-0.15, -0.1) is 35.3 Å². The van der Waals surface area contributed by atoms with Crippen LogP contribution in [0.15, 0.2) is 22.5 Å². The molecule has 2 saturated heterocycles. The first kappa shape index (κ1) is 25.4. The van der Waals surface area contributed by atoms with Crippen LogP contribution in [0, 0.1) is 5.92 Å². The number of amides is 1. The zero-order chi connectivity index (χ0) is 20.6. The maximum absolute atomic E-state index is 12.5. The van der Waals surface area contributed by atoms with Crippen molar-refractivity contribution in [3.05, 3.63) is 22.4 Å². The summed E-state index contributed by atoms with van der Waals surface area (Å²) in [4.78, 5) is 22.9. The number of carbonyl (C=O) groups is 1. The highest BCUT2D eigenvalue weighted by atomic mass is 127. The minimum absolute atomic E-state index is 0. The lowest BCUT2D eigenvalue weighted by Gasteiger charge is -2.39. The van der Waals surface area contributed by atoms with Gasteiger partial charge >= 0.3 is 0 Å². The van der Waals surface area contributed by atoms with Crippen LogP contribution in [0.1, 0.15) is 56.4 Å². The predicted octanol–water partition coefficient (Wildman–Crippen LogP) is 3.71. The normalized spacial score (nSPS) is 25.5. The van der Waals surface area contributed by atoms with Crippen molar-refractivity contribution in [2.75, 3.05) is 40.3 Å². The minimum Gasteiger partial charge on any atom is -0.356 e. The lowest BCUT2D eigenvalue weighted by molar-refractivity contribution is -0.134. The third-order valence-corrected chi connectivity index (χ3v) is 7.29. The molecule has 0 aromatic carbocycles. The molecule has 2 N–H and O–H groups in total. The fourth-order valence-electron chi connectivity index (χ4n) is 4.73. The molecule has 1 amide bonds. The molecule has 30 heavy (non-hydrogen) atoms. The molecule has 3 unspecified atom stereocenters. The molecule has 2 fully saturated rings. The average Bonchev–Trinajstić information content (AvgIpc) is 3.25. The highest BCUT2D eigenvalue weighted by Gasteiger charge is 2.31. The van der Waals surface area contributed by atoms with Crippen molar-refractivity contribution < 1.29 is 4.79 Å². The Morgan fingerprint density at radius 2 is 2.07 bits per heavy atom. The third-order valence-electron chi connectivity index (χ3n) is 6.35. The summed E-state index contributed by atoms with van der Waals surface area (Å²) in [6.45, 7) is 5.75. The molecule has 0 radical (unpaired) electrons. The van der Waals surface area contributed by atoms with Gasteiger partial charge in [-0.05, 0) is 70.0 Å². The molecule has 2 aliphatic rings. The molecule has 8 heteroatoms. The molecule has 170 valence electrons. The van der Waals surface area contributed by atoms with Gasteiger partial charge in [-0.2, -0.15) is 0 Å². The van der Waals surface area contributed by atoms with E-state index in [0.717, 1.165) is 38.4 Å². The average molecular weight is 548 g/mol. The molecule has 3 heterocycles. The van der Waals surface area contributed by atoms with Crippen LogP contribution in [0.4, 0.5) is 0 Å². The van der Waals surface area contributed by atoms with Crippen LogP contribution < -0.4 is 10.6 Å². The Labute approximate surface area is 202 Å². The lowest BCUT2D eigenvalue weighted by Crippen LogP contribution is -2.46. The monoisotopic (exact) mass is 547 g/mol. The van der Waals surface area contributed by atoms with E-state index in [-0.39, 0.29) is 29.9 Å². The van der Waals surface area contributed by atoms with Crippen molar-refractivity contribution in [1.29, 1.82) is 0 Å². The van der Waals surface area contributed by atoms with Gasteiger partial charge in [0.2, 0.25) is 5.91 Å². The SMILES string of the molecule is CN=C(NCCC(=O)N1CCCCC1C)NCC1CCCN(C)C1c1cccs1.I. The number of aliphatic imine (C=N–C) groups is 1. The van der Waals surface area contributed by atoms with Gasteiger partial charge in [0.1, 0.15) is 0 Å². The quantitative estimate of drug-likeness (QED) is 0.324. The molecule has 3 atom stereocenters. The Hall–Kier alpha value is -0.870. The van der Waals surface area contributed by atoms with Crippen LogP contribution >= 0.6 is 35.3 Å². The van der Waals surface area contributed by atoms with Crippen LogP contribution in [0.25, 0.3) is 0 Å². The number of likely N-dealkylation sites (tertiary alicyclic amines) is 2. The predicted molar refractivity (Wildman–Crippen MR) is 137 cm³/mol. The van der Waals surface area contributed by atoms with Gasteiger partial charge in [-0.3, -0.25) is 14.7 Å². The fraction of sp³-hybridized carbons (Fsp3) is 0.727. The summed E-state index contributed by atoms with van der Waals surface area (Å²) in [5, 5.41) is 9.01. The van der Waals surface area contributed by atoms with E-state index in [1.54, 1.807) is 7.05 Å². The number of hydrogen-bond acceptors (Lipinski definition) is 4. The maximum Gasteiger partial charge on any atom is 0.224 e. The highest BCUT2D eigenvalue weighted by molar-refractivity contribution is 14.0. The standard InChI is InChI=1S/C22H37N5OS.HI/c1-17-8-4-5-14-27(17)20(28)11-12-24-22(23-2)25-16-18-9-6-13-26(3)21(18)19-10-7-15-29-19;/h7,10,15,17-18,21H,4-6,8-9,11-14,16H2,1-3H3,(H2,23,24,25);1H. The first-order chi connectivity index (χ1) is 14.1. The van der Waals surface area contributed by atoms with Crippen molar-refractivity contribution >= 4 is 47.2 Å². The van der Waals surface area contributed by atoms with Crippen LogP contribution in [0.5, 0.6) is 0 Å². The molecule has 0 saturated carbocycles. The number of nitrogens with zero attached hydrogens (tertiary/aromatic N) is 3. The molecule has 3 rings (SSSR count). The van der Waals surface area contributed by atoms with Gasteiger partial charge in [-0.1, -0.05) is 6.07 Å². The Balaban J connectivity index is 0.00000320. The largest absolute Gasteiger partial charge is 0.356 e. The number of guanidine groups is 1.